The van der Waals surface area contributed by atoms with Crippen LogP contribution in [-0.4, -0.2) is 44.1 Å². The van der Waals surface area contributed by atoms with Crippen molar-refractivity contribution in [3.05, 3.63) is 24.3 Å². The van der Waals surface area contributed by atoms with Crippen LogP contribution >= 0.6 is 0 Å². The SMILES string of the molecule is CN(C)C1CCN(c2ccc(N=C(N)N)cc2)CC1. The number of benzene rings is 1. The van der Waals surface area contributed by atoms with E-state index in [9.17, 15) is 0 Å². The smallest absolute Gasteiger partial charge is 0.191 e. The minimum Gasteiger partial charge on any atom is -0.371 e. The molecular formula is C14H23N5. The van der Waals surface area contributed by atoms with Crippen LogP contribution in [0.15, 0.2) is 29.3 Å². The molecule has 1 heterocycles. The summed E-state index contributed by atoms with van der Waals surface area (Å²) in [7, 11) is 4.31. The molecule has 1 fully saturated rings. The summed E-state index contributed by atoms with van der Waals surface area (Å²) in [6, 6.07) is 8.77. The van der Waals surface area contributed by atoms with Crippen LogP contribution in [0.4, 0.5) is 11.4 Å². The molecule has 5 heteroatoms. The molecule has 19 heavy (non-hydrogen) atoms. The van der Waals surface area contributed by atoms with Gasteiger partial charge in [-0.2, -0.15) is 0 Å². The largest absolute Gasteiger partial charge is 0.371 e. The number of guanidine groups is 1. The first-order valence-electron chi connectivity index (χ1n) is 6.67. The van der Waals surface area contributed by atoms with Crippen LogP contribution in [0, 0.1) is 0 Å². The molecule has 4 N–H and O–H groups in total. The van der Waals surface area contributed by atoms with Crippen molar-refractivity contribution in [3.8, 4) is 0 Å². The molecule has 0 radical (unpaired) electrons. The third-order valence-electron chi connectivity index (χ3n) is 3.67. The molecule has 0 amide bonds. The van der Waals surface area contributed by atoms with E-state index in [2.05, 4.69) is 41.0 Å². The van der Waals surface area contributed by atoms with E-state index in [1.807, 2.05) is 12.1 Å². The van der Waals surface area contributed by atoms with Gasteiger partial charge in [0.05, 0.1) is 5.69 Å². The van der Waals surface area contributed by atoms with E-state index in [1.165, 1.54) is 18.5 Å². The number of nitrogens with two attached hydrogens (primary N) is 2. The molecule has 1 saturated heterocycles. The van der Waals surface area contributed by atoms with Gasteiger partial charge in [0.25, 0.3) is 0 Å². The van der Waals surface area contributed by atoms with E-state index in [0.29, 0.717) is 6.04 Å². The summed E-state index contributed by atoms with van der Waals surface area (Å²) >= 11 is 0. The fraction of sp³-hybridized carbons (Fsp3) is 0.500. The van der Waals surface area contributed by atoms with Gasteiger partial charge in [-0.1, -0.05) is 0 Å². The molecule has 104 valence electrons. The molecule has 0 atom stereocenters. The second-order valence-corrected chi connectivity index (χ2v) is 5.23. The average Bonchev–Trinajstić information content (AvgIpc) is 2.39. The Bertz CT molecular complexity index is 426. The first-order chi connectivity index (χ1) is 9.06. The number of aliphatic imine (C=N–C) groups is 1. The zero-order valence-corrected chi connectivity index (χ0v) is 11.7. The van der Waals surface area contributed by atoms with Gasteiger partial charge in [-0.25, -0.2) is 4.99 Å². The van der Waals surface area contributed by atoms with Gasteiger partial charge < -0.3 is 21.3 Å². The first kappa shape index (κ1) is 13.7. The van der Waals surface area contributed by atoms with E-state index in [4.69, 9.17) is 11.5 Å². The molecule has 5 nitrogen and oxygen atoms in total. The lowest BCUT2D eigenvalue weighted by Crippen LogP contribution is -2.41. The molecular weight excluding hydrogens is 238 g/mol. The van der Waals surface area contributed by atoms with Crippen molar-refractivity contribution < 1.29 is 0 Å². The average molecular weight is 261 g/mol. The van der Waals surface area contributed by atoms with E-state index < -0.39 is 0 Å². The molecule has 1 aromatic rings. The summed E-state index contributed by atoms with van der Waals surface area (Å²) in [5, 5.41) is 0. The highest BCUT2D eigenvalue weighted by Gasteiger charge is 2.20. The summed E-state index contributed by atoms with van der Waals surface area (Å²) in [4.78, 5) is 8.76. The molecule has 0 spiro atoms. The monoisotopic (exact) mass is 261 g/mol. The molecule has 0 aromatic heterocycles. The predicted octanol–water partition coefficient (Wildman–Crippen LogP) is 1.12. The zero-order valence-electron chi connectivity index (χ0n) is 11.7. The van der Waals surface area contributed by atoms with Crippen molar-refractivity contribution >= 4 is 17.3 Å². The van der Waals surface area contributed by atoms with Crippen molar-refractivity contribution in [2.24, 2.45) is 16.5 Å². The number of rotatable bonds is 3. The van der Waals surface area contributed by atoms with Gasteiger partial charge in [0, 0.05) is 24.8 Å². The number of hydrogen-bond acceptors (Lipinski definition) is 3. The Labute approximate surface area is 114 Å². The third kappa shape index (κ3) is 3.61. The molecule has 0 bridgehead atoms. The molecule has 2 rings (SSSR count). The lowest BCUT2D eigenvalue weighted by molar-refractivity contribution is 0.249. The molecule has 0 aliphatic carbocycles. The van der Waals surface area contributed by atoms with Crippen LogP contribution in [0.1, 0.15) is 12.8 Å². The highest BCUT2D eigenvalue weighted by Crippen LogP contribution is 2.24. The van der Waals surface area contributed by atoms with Gasteiger partial charge in [0.2, 0.25) is 0 Å². The Kier molecular flexibility index (Phi) is 4.27. The molecule has 0 saturated carbocycles. The minimum absolute atomic E-state index is 0.0968. The third-order valence-corrected chi connectivity index (χ3v) is 3.67. The number of anilines is 1. The van der Waals surface area contributed by atoms with Crippen molar-refractivity contribution in [1.29, 1.82) is 0 Å². The Balaban J connectivity index is 1.98. The summed E-state index contributed by atoms with van der Waals surface area (Å²) in [5.74, 6) is 0.0968. The van der Waals surface area contributed by atoms with E-state index in [0.717, 1.165) is 18.8 Å². The molecule has 1 aromatic carbocycles. The second kappa shape index (κ2) is 5.93. The first-order valence-corrected chi connectivity index (χ1v) is 6.67. The van der Waals surface area contributed by atoms with Gasteiger partial charge in [-0.05, 0) is 51.2 Å². The zero-order chi connectivity index (χ0) is 13.8. The highest BCUT2D eigenvalue weighted by atomic mass is 15.2. The Hall–Kier alpha value is -1.75. The predicted molar refractivity (Wildman–Crippen MR) is 80.8 cm³/mol. The highest BCUT2D eigenvalue weighted by molar-refractivity contribution is 5.79. The van der Waals surface area contributed by atoms with Crippen molar-refractivity contribution in [3.63, 3.8) is 0 Å². The van der Waals surface area contributed by atoms with Crippen LogP contribution < -0.4 is 16.4 Å². The van der Waals surface area contributed by atoms with Crippen LogP contribution in [-0.2, 0) is 0 Å². The van der Waals surface area contributed by atoms with Crippen LogP contribution in [0.25, 0.3) is 0 Å². The van der Waals surface area contributed by atoms with Gasteiger partial charge >= 0.3 is 0 Å². The fourth-order valence-corrected chi connectivity index (χ4v) is 2.53. The lowest BCUT2D eigenvalue weighted by Gasteiger charge is -2.36. The number of nitrogens with zero attached hydrogens (tertiary/aromatic N) is 3. The maximum atomic E-state index is 5.36. The Morgan fingerprint density at radius 2 is 1.74 bits per heavy atom. The normalized spacial score (nSPS) is 16.7. The van der Waals surface area contributed by atoms with E-state index >= 15 is 0 Å². The van der Waals surface area contributed by atoms with Crippen molar-refractivity contribution in [1.82, 2.24) is 4.90 Å². The minimum atomic E-state index is 0.0968. The summed E-state index contributed by atoms with van der Waals surface area (Å²) < 4.78 is 0. The standard InChI is InChI=1S/C14H23N5/c1-18(2)12-7-9-19(10-8-12)13-5-3-11(4-6-13)17-14(15)16/h3-6,12H,7-10H2,1-2H3,(H4,15,16,17). The van der Waals surface area contributed by atoms with Gasteiger partial charge in [0.15, 0.2) is 5.96 Å². The Morgan fingerprint density at radius 1 is 1.16 bits per heavy atom. The second-order valence-electron chi connectivity index (χ2n) is 5.23. The fourth-order valence-electron chi connectivity index (χ4n) is 2.53. The van der Waals surface area contributed by atoms with E-state index in [-0.39, 0.29) is 5.96 Å². The van der Waals surface area contributed by atoms with Crippen LogP contribution in [0.5, 0.6) is 0 Å². The summed E-state index contributed by atoms with van der Waals surface area (Å²) in [6.45, 7) is 2.20. The van der Waals surface area contributed by atoms with Crippen molar-refractivity contribution in [2.75, 3.05) is 32.1 Å². The van der Waals surface area contributed by atoms with Gasteiger partial charge in [-0.3, -0.25) is 0 Å². The van der Waals surface area contributed by atoms with Crippen LogP contribution in [0.3, 0.4) is 0 Å². The summed E-state index contributed by atoms with van der Waals surface area (Å²) in [6.07, 6.45) is 2.42. The van der Waals surface area contributed by atoms with Gasteiger partial charge in [0.1, 0.15) is 0 Å². The Morgan fingerprint density at radius 3 is 2.21 bits per heavy atom. The summed E-state index contributed by atoms with van der Waals surface area (Å²) in [5.41, 5.74) is 12.8. The van der Waals surface area contributed by atoms with E-state index in [1.54, 1.807) is 0 Å². The molecule has 1 aliphatic rings. The quantitative estimate of drug-likeness (QED) is 0.632. The number of piperidine rings is 1. The number of hydrogen-bond donors (Lipinski definition) is 2. The topological polar surface area (TPSA) is 70.9 Å². The maximum Gasteiger partial charge on any atom is 0.191 e. The lowest BCUT2D eigenvalue weighted by atomic mass is 10.0. The van der Waals surface area contributed by atoms with Gasteiger partial charge in [-0.15, -0.1) is 0 Å². The molecule has 0 unspecified atom stereocenters. The maximum absolute atomic E-state index is 5.36. The molecule has 1 aliphatic heterocycles. The van der Waals surface area contributed by atoms with Crippen LogP contribution in [0.2, 0.25) is 0 Å². The van der Waals surface area contributed by atoms with Crippen molar-refractivity contribution in [2.45, 2.75) is 18.9 Å².